The van der Waals surface area contributed by atoms with Crippen molar-refractivity contribution in [3.63, 3.8) is 0 Å². The van der Waals surface area contributed by atoms with Crippen molar-refractivity contribution in [1.82, 2.24) is 0 Å². The van der Waals surface area contributed by atoms with Gasteiger partial charge in [0, 0.05) is 0 Å². The average molecular weight is 805 g/mol. The van der Waals surface area contributed by atoms with Crippen LogP contribution >= 0.6 is 79.8 Å². The second kappa shape index (κ2) is 11.3. The minimum atomic E-state index is -5.20. The van der Waals surface area contributed by atoms with Gasteiger partial charge >= 0.3 is 304 Å². The van der Waals surface area contributed by atoms with Crippen LogP contribution in [0, 0.1) is 13.8 Å². The number of benzene rings is 4. The van der Waals surface area contributed by atoms with E-state index in [2.05, 4.69) is 0 Å². The van der Waals surface area contributed by atoms with E-state index in [-0.39, 0.29) is 44.1 Å². The van der Waals surface area contributed by atoms with E-state index in [0.717, 1.165) is 0 Å². The first-order valence-electron chi connectivity index (χ1n) is 14.1. The van der Waals surface area contributed by atoms with Gasteiger partial charge in [-0.25, -0.2) is 0 Å². The first-order valence-corrected chi connectivity index (χ1v) is 22.6. The van der Waals surface area contributed by atoms with Crippen LogP contribution in [0.25, 0.3) is 21.9 Å². The Labute approximate surface area is 302 Å². The van der Waals surface area contributed by atoms with Crippen LogP contribution in [0.2, 0.25) is 10.0 Å². The molecule has 3 heterocycles. The quantitative estimate of drug-likeness (QED) is 0.122. The van der Waals surface area contributed by atoms with Crippen molar-refractivity contribution in [2.24, 2.45) is 0 Å². The summed E-state index contributed by atoms with van der Waals surface area (Å²) < 4.78 is 26.7. The third-order valence-electron chi connectivity index (χ3n) is 7.71. The molecule has 0 N–H and O–H groups in total. The first-order chi connectivity index (χ1) is 22.6. The molecular weight excluding hydrogens is 783 g/mol. The van der Waals surface area contributed by atoms with Gasteiger partial charge in [-0.3, -0.25) is 0 Å². The summed E-state index contributed by atoms with van der Waals surface area (Å²) >= 11 is 44.2. The molecular formula is C32H22Cl6N2O6P2. The molecule has 2 aromatic heterocycles. The summed E-state index contributed by atoms with van der Waals surface area (Å²) in [4.78, 5) is 24.5. The predicted molar refractivity (Wildman–Crippen MR) is 201 cm³/mol. The van der Waals surface area contributed by atoms with E-state index in [9.17, 15) is 9.59 Å². The normalized spacial score (nSPS) is 19.0. The zero-order valence-corrected chi connectivity index (χ0v) is 31.1. The molecule has 0 bridgehead atoms. The molecule has 6 aromatic rings. The topological polar surface area (TPSA) is 85.4 Å². The Morgan fingerprint density at radius 2 is 0.938 bits per heavy atom. The summed E-state index contributed by atoms with van der Waals surface area (Å²) in [7, 11) is 0. The van der Waals surface area contributed by atoms with Crippen LogP contribution < -0.4 is 29.2 Å². The third-order valence-corrected chi connectivity index (χ3v) is 23.7. The summed E-state index contributed by atoms with van der Waals surface area (Å²) in [6.07, 6.45) is 0. The molecule has 0 unspecified atom stereocenters. The zero-order chi connectivity index (χ0) is 34.3. The van der Waals surface area contributed by atoms with E-state index in [1.807, 2.05) is 0 Å². The summed E-state index contributed by atoms with van der Waals surface area (Å²) in [5.41, 5.74) is 1.16. The van der Waals surface area contributed by atoms with E-state index in [1.54, 1.807) is 86.6 Å². The van der Waals surface area contributed by atoms with Gasteiger partial charge in [-0.1, -0.05) is 0 Å². The number of hydrogen-bond donors (Lipinski definition) is 0. The summed E-state index contributed by atoms with van der Waals surface area (Å²) in [5.74, 6) is -10.2. The van der Waals surface area contributed by atoms with Gasteiger partial charge < -0.3 is 0 Å². The number of hydrogen-bond acceptors (Lipinski definition) is 8. The van der Waals surface area contributed by atoms with Crippen LogP contribution in [0.5, 0.6) is 11.5 Å². The van der Waals surface area contributed by atoms with Crippen molar-refractivity contribution in [3.8, 4) is 11.5 Å². The Kier molecular flexibility index (Phi) is 7.92. The molecule has 248 valence electrons. The number of para-hydroxylation sites is 2. The van der Waals surface area contributed by atoms with Gasteiger partial charge in [0.05, 0.1) is 0 Å². The second-order valence-electron chi connectivity index (χ2n) is 11.0. The van der Waals surface area contributed by atoms with Crippen molar-refractivity contribution in [2.45, 2.75) is 13.8 Å². The van der Waals surface area contributed by atoms with Crippen molar-refractivity contribution >= 4 is 113 Å². The van der Waals surface area contributed by atoms with Crippen molar-refractivity contribution in [2.75, 3.05) is 8.88 Å². The number of rotatable bonds is 6. The molecule has 48 heavy (non-hydrogen) atoms. The maximum absolute atomic E-state index is 12.2. The van der Waals surface area contributed by atoms with Crippen LogP contribution in [0.1, 0.15) is 11.1 Å². The van der Waals surface area contributed by atoms with Gasteiger partial charge in [0.25, 0.3) is 0 Å². The van der Waals surface area contributed by atoms with Crippen LogP contribution in [0.4, 0.5) is 11.4 Å². The molecule has 4 aromatic carbocycles. The Morgan fingerprint density at radius 3 is 1.31 bits per heavy atom. The van der Waals surface area contributed by atoms with Crippen LogP contribution in [0.3, 0.4) is 0 Å². The van der Waals surface area contributed by atoms with Crippen molar-refractivity contribution < 1.29 is 17.9 Å². The third kappa shape index (κ3) is 5.21. The van der Waals surface area contributed by atoms with E-state index in [0.29, 0.717) is 21.9 Å². The number of aryl methyl sites for hydroxylation is 2. The SMILES string of the molecule is Cc1cc(=O)oc2cc(OP3(Cl)(Cl)N(c4ccccc4Cl)P(Cl)(Cl)(Oc4ccc5c(C)cc(=O)oc5c4)N3c3ccccc3Cl)ccc12. The summed E-state index contributed by atoms with van der Waals surface area (Å²) in [6.45, 7) is 3.57. The molecule has 16 heteroatoms. The number of nitrogens with zero attached hydrogens (tertiary/aromatic N) is 2. The fourth-order valence-corrected chi connectivity index (χ4v) is 29.1. The zero-order valence-electron chi connectivity index (χ0n) is 24.7. The fraction of sp³-hybridized carbons (Fsp3) is 0.0625. The van der Waals surface area contributed by atoms with Crippen LogP contribution in [0.15, 0.2) is 115 Å². The molecule has 1 saturated heterocycles. The molecule has 8 nitrogen and oxygen atoms in total. The molecule has 7 rings (SSSR count). The van der Waals surface area contributed by atoms with Gasteiger partial charge in [0.2, 0.25) is 0 Å². The summed E-state index contributed by atoms with van der Waals surface area (Å²) in [5, 5.41) is 1.69. The maximum atomic E-state index is 12.2. The molecule has 1 aliphatic rings. The average Bonchev–Trinajstić information content (AvgIpc) is 2.98. The molecule has 0 radical (unpaired) electrons. The Morgan fingerprint density at radius 1 is 0.562 bits per heavy atom. The van der Waals surface area contributed by atoms with E-state index in [4.69, 9.17) is 86.0 Å². The van der Waals surface area contributed by atoms with Crippen molar-refractivity contribution in [3.05, 3.63) is 139 Å². The van der Waals surface area contributed by atoms with Gasteiger partial charge in [-0.15, -0.1) is 0 Å². The first kappa shape index (κ1) is 33.6. The summed E-state index contributed by atoms with van der Waals surface area (Å²) in [6, 6.07) is 25.6. The van der Waals surface area contributed by atoms with Crippen LogP contribution in [-0.4, -0.2) is 0 Å². The molecule has 0 saturated carbocycles. The fourth-order valence-electron chi connectivity index (χ4n) is 5.74. The monoisotopic (exact) mass is 802 g/mol. The number of anilines is 2. The minimum absolute atomic E-state index is 0.113. The second-order valence-corrected chi connectivity index (χ2v) is 25.8. The molecule has 1 fully saturated rings. The van der Waals surface area contributed by atoms with Gasteiger partial charge in [0.1, 0.15) is 0 Å². The number of fused-ring (bicyclic) bond motifs is 2. The molecule has 1 aliphatic heterocycles. The standard InChI is InChI=1S/C32H22Cl6N2O6P2/c1-19-15-31(41)43-29-17-21(11-13-23(19)29)45-47(35,36)39(27-9-5-3-7-25(27)33)48(37,38,40(47)28-10-6-4-8-26(28)34)46-22-12-14-24-20(2)16-32(42)44-30(24)18-22/h3-18H,1-2H3. The van der Waals surface area contributed by atoms with Gasteiger partial charge in [-0.05, 0) is 0 Å². The van der Waals surface area contributed by atoms with E-state index >= 15 is 0 Å². The molecule has 0 spiro atoms. The Bertz CT molecular complexity index is 2250. The van der Waals surface area contributed by atoms with Gasteiger partial charge in [-0.2, -0.15) is 0 Å². The number of halogens is 6. The van der Waals surface area contributed by atoms with Crippen molar-refractivity contribution in [1.29, 1.82) is 0 Å². The Hall–Kier alpha value is -2.90. The van der Waals surface area contributed by atoms with Crippen LogP contribution in [-0.2, 0) is 0 Å². The Balaban J connectivity index is 1.48. The predicted octanol–water partition coefficient (Wildman–Crippen LogP) is 12.5. The molecule has 0 aliphatic carbocycles. The molecule has 0 atom stereocenters. The molecule has 0 amide bonds. The van der Waals surface area contributed by atoms with E-state index < -0.39 is 22.9 Å². The van der Waals surface area contributed by atoms with Gasteiger partial charge in [0.15, 0.2) is 0 Å². The van der Waals surface area contributed by atoms with E-state index in [1.165, 1.54) is 33.1 Å².